The van der Waals surface area contributed by atoms with Crippen molar-refractivity contribution in [3.8, 4) is 11.1 Å². The summed E-state index contributed by atoms with van der Waals surface area (Å²) < 4.78 is 13.4. The van der Waals surface area contributed by atoms with Gasteiger partial charge in [-0.05, 0) is 53.8 Å². The molecule has 0 saturated heterocycles. The lowest BCUT2D eigenvalue weighted by Gasteiger charge is -2.11. The van der Waals surface area contributed by atoms with Gasteiger partial charge in [-0.25, -0.2) is 4.39 Å². The van der Waals surface area contributed by atoms with E-state index in [2.05, 4.69) is 17.4 Å². The third-order valence-electron chi connectivity index (χ3n) is 3.36. The molecule has 0 amide bonds. The Hall–Kier alpha value is -1.83. The van der Waals surface area contributed by atoms with Crippen molar-refractivity contribution in [2.75, 3.05) is 11.9 Å². The topological polar surface area (TPSA) is 12.0 Å². The highest BCUT2D eigenvalue weighted by molar-refractivity contribution is 5.77. The van der Waals surface area contributed by atoms with Crippen molar-refractivity contribution in [1.82, 2.24) is 0 Å². The second-order valence-electron chi connectivity index (χ2n) is 4.47. The predicted molar refractivity (Wildman–Crippen MR) is 68.8 cm³/mol. The molecule has 3 rings (SSSR count). The quantitative estimate of drug-likeness (QED) is 0.782. The SMILES string of the molecule is Cc1ccc(F)cc1-c1cccc2c1CCN2. The van der Waals surface area contributed by atoms with Crippen molar-refractivity contribution in [2.24, 2.45) is 0 Å². The maximum atomic E-state index is 13.4. The molecule has 0 aromatic heterocycles. The Kier molecular flexibility index (Phi) is 2.36. The lowest BCUT2D eigenvalue weighted by Crippen LogP contribution is -1.90. The monoisotopic (exact) mass is 227 g/mol. The number of fused-ring (bicyclic) bond motifs is 1. The molecule has 86 valence electrons. The smallest absolute Gasteiger partial charge is 0.123 e. The maximum absolute atomic E-state index is 13.4. The summed E-state index contributed by atoms with van der Waals surface area (Å²) in [6.45, 7) is 3.00. The fraction of sp³-hybridized carbons (Fsp3) is 0.200. The molecule has 1 N–H and O–H groups in total. The molecule has 1 nitrogen and oxygen atoms in total. The normalized spacial score (nSPS) is 13.3. The maximum Gasteiger partial charge on any atom is 0.123 e. The second kappa shape index (κ2) is 3.88. The highest BCUT2D eigenvalue weighted by atomic mass is 19.1. The Labute approximate surface area is 100 Å². The van der Waals surface area contributed by atoms with Crippen molar-refractivity contribution in [3.63, 3.8) is 0 Å². The standard InChI is InChI=1S/C15H14FN/c1-10-5-6-11(16)9-14(10)12-3-2-4-15-13(12)7-8-17-15/h2-6,9,17H,7-8H2,1H3. The zero-order valence-corrected chi connectivity index (χ0v) is 9.76. The molecule has 1 aliphatic rings. The molecular formula is C15H14FN. The molecule has 2 aromatic carbocycles. The van der Waals surface area contributed by atoms with Crippen molar-refractivity contribution in [1.29, 1.82) is 0 Å². The van der Waals surface area contributed by atoms with Crippen LogP contribution in [-0.4, -0.2) is 6.54 Å². The van der Waals surface area contributed by atoms with Crippen molar-refractivity contribution in [3.05, 3.63) is 53.3 Å². The number of nitrogens with one attached hydrogen (secondary N) is 1. The van der Waals surface area contributed by atoms with Crippen LogP contribution in [0.5, 0.6) is 0 Å². The van der Waals surface area contributed by atoms with Gasteiger partial charge in [0.25, 0.3) is 0 Å². The van der Waals surface area contributed by atoms with Crippen LogP contribution >= 0.6 is 0 Å². The minimum atomic E-state index is -0.172. The van der Waals surface area contributed by atoms with E-state index in [9.17, 15) is 4.39 Å². The molecule has 0 atom stereocenters. The summed E-state index contributed by atoms with van der Waals surface area (Å²) in [7, 11) is 0. The Balaban J connectivity index is 2.22. The number of halogens is 1. The lowest BCUT2D eigenvalue weighted by atomic mass is 9.94. The van der Waals surface area contributed by atoms with Gasteiger partial charge in [0.15, 0.2) is 0 Å². The summed E-state index contributed by atoms with van der Waals surface area (Å²) in [6.07, 6.45) is 1.02. The van der Waals surface area contributed by atoms with Crippen LogP contribution < -0.4 is 5.32 Å². The van der Waals surface area contributed by atoms with Crippen LogP contribution in [0.15, 0.2) is 36.4 Å². The molecule has 0 radical (unpaired) electrons. The van der Waals surface area contributed by atoms with E-state index >= 15 is 0 Å². The van der Waals surface area contributed by atoms with E-state index in [1.165, 1.54) is 17.3 Å². The summed E-state index contributed by atoms with van der Waals surface area (Å²) in [5.41, 5.74) is 5.77. The molecule has 1 heterocycles. The van der Waals surface area contributed by atoms with Crippen LogP contribution in [0.25, 0.3) is 11.1 Å². The fourth-order valence-electron chi connectivity index (χ4n) is 2.48. The molecule has 0 aliphatic carbocycles. The largest absolute Gasteiger partial charge is 0.384 e. The number of aryl methyl sites for hydroxylation is 1. The third kappa shape index (κ3) is 1.70. The van der Waals surface area contributed by atoms with Crippen LogP contribution in [0.3, 0.4) is 0 Å². The third-order valence-corrected chi connectivity index (χ3v) is 3.36. The van der Waals surface area contributed by atoms with E-state index in [1.807, 2.05) is 19.1 Å². The van der Waals surface area contributed by atoms with Gasteiger partial charge in [-0.2, -0.15) is 0 Å². The summed E-state index contributed by atoms with van der Waals surface area (Å²) in [5.74, 6) is -0.172. The summed E-state index contributed by atoms with van der Waals surface area (Å²) in [6, 6.07) is 11.2. The van der Waals surface area contributed by atoms with E-state index in [1.54, 1.807) is 6.07 Å². The Bertz CT molecular complexity index is 575. The van der Waals surface area contributed by atoms with E-state index in [0.717, 1.165) is 29.7 Å². The number of benzene rings is 2. The first-order valence-corrected chi connectivity index (χ1v) is 5.88. The van der Waals surface area contributed by atoms with Crippen LogP contribution in [-0.2, 0) is 6.42 Å². The van der Waals surface area contributed by atoms with Gasteiger partial charge in [-0.15, -0.1) is 0 Å². The van der Waals surface area contributed by atoms with E-state index in [0.29, 0.717) is 0 Å². The van der Waals surface area contributed by atoms with Gasteiger partial charge < -0.3 is 5.32 Å². The second-order valence-corrected chi connectivity index (χ2v) is 4.47. The first-order valence-electron chi connectivity index (χ1n) is 5.88. The molecule has 0 unspecified atom stereocenters. The summed E-state index contributed by atoms with van der Waals surface area (Å²) >= 11 is 0. The molecule has 1 aliphatic heterocycles. The number of hydrogen-bond donors (Lipinski definition) is 1. The van der Waals surface area contributed by atoms with Crippen LogP contribution in [0.1, 0.15) is 11.1 Å². The number of rotatable bonds is 1. The molecule has 0 spiro atoms. The molecule has 0 saturated carbocycles. The molecular weight excluding hydrogens is 213 g/mol. The van der Waals surface area contributed by atoms with Crippen molar-refractivity contribution >= 4 is 5.69 Å². The van der Waals surface area contributed by atoms with Crippen LogP contribution in [0.4, 0.5) is 10.1 Å². The van der Waals surface area contributed by atoms with Gasteiger partial charge in [0, 0.05) is 12.2 Å². The predicted octanol–water partition coefficient (Wildman–Crippen LogP) is 3.77. The summed E-state index contributed by atoms with van der Waals surface area (Å²) in [5, 5.41) is 3.35. The average Bonchev–Trinajstić information content (AvgIpc) is 2.80. The minimum Gasteiger partial charge on any atom is -0.384 e. The highest BCUT2D eigenvalue weighted by Crippen LogP contribution is 2.34. The van der Waals surface area contributed by atoms with Gasteiger partial charge in [0.2, 0.25) is 0 Å². The first kappa shape index (κ1) is 10.3. The lowest BCUT2D eigenvalue weighted by molar-refractivity contribution is 0.628. The zero-order valence-electron chi connectivity index (χ0n) is 9.76. The fourth-order valence-corrected chi connectivity index (χ4v) is 2.48. The van der Waals surface area contributed by atoms with Gasteiger partial charge in [-0.3, -0.25) is 0 Å². The van der Waals surface area contributed by atoms with Crippen LogP contribution in [0, 0.1) is 12.7 Å². The Morgan fingerprint density at radius 1 is 1.12 bits per heavy atom. The molecule has 17 heavy (non-hydrogen) atoms. The minimum absolute atomic E-state index is 0.172. The Morgan fingerprint density at radius 2 is 2.00 bits per heavy atom. The molecule has 0 bridgehead atoms. The highest BCUT2D eigenvalue weighted by Gasteiger charge is 2.16. The Morgan fingerprint density at radius 3 is 2.88 bits per heavy atom. The van der Waals surface area contributed by atoms with Crippen molar-refractivity contribution < 1.29 is 4.39 Å². The molecule has 2 heteroatoms. The van der Waals surface area contributed by atoms with Gasteiger partial charge in [0.05, 0.1) is 0 Å². The molecule has 0 fully saturated rings. The van der Waals surface area contributed by atoms with E-state index in [-0.39, 0.29) is 5.82 Å². The van der Waals surface area contributed by atoms with Crippen molar-refractivity contribution in [2.45, 2.75) is 13.3 Å². The van der Waals surface area contributed by atoms with E-state index < -0.39 is 0 Å². The first-order chi connectivity index (χ1) is 8.25. The molecule has 2 aromatic rings. The summed E-state index contributed by atoms with van der Waals surface area (Å²) in [4.78, 5) is 0. The van der Waals surface area contributed by atoms with Gasteiger partial charge in [-0.1, -0.05) is 18.2 Å². The van der Waals surface area contributed by atoms with Gasteiger partial charge >= 0.3 is 0 Å². The number of anilines is 1. The van der Waals surface area contributed by atoms with Gasteiger partial charge in [0.1, 0.15) is 5.82 Å². The van der Waals surface area contributed by atoms with E-state index in [4.69, 9.17) is 0 Å². The van der Waals surface area contributed by atoms with Crippen LogP contribution in [0.2, 0.25) is 0 Å². The zero-order chi connectivity index (χ0) is 11.8. The number of hydrogen-bond acceptors (Lipinski definition) is 1. The average molecular weight is 227 g/mol.